The van der Waals surface area contributed by atoms with Crippen LogP contribution in [0, 0.1) is 5.92 Å². The van der Waals surface area contributed by atoms with Crippen molar-refractivity contribution in [1.82, 2.24) is 4.57 Å². The summed E-state index contributed by atoms with van der Waals surface area (Å²) in [6.07, 6.45) is 0.640. The van der Waals surface area contributed by atoms with E-state index in [1.54, 1.807) is 6.92 Å². The van der Waals surface area contributed by atoms with Crippen LogP contribution in [-0.2, 0) is 11.3 Å². The summed E-state index contributed by atoms with van der Waals surface area (Å²) in [7, 11) is 0. The van der Waals surface area contributed by atoms with Crippen LogP contribution in [0.5, 0.6) is 0 Å². The van der Waals surface area contributed by atoms with Crippen molar-refractivity contribution in [1.29, 1.82) is 0 Å². The molecule has 20 heavy (non-hydrogen) atoms. The molecule has 0 spiro atoms. The smallest absolute Gasteiger partial charge is 0.130 e. The van der Waals surface area contributed by atoms with Gasteiger partial charge < -0.3 is 9.36 Å². The van der Waals surface area contributed by atoms with Crippen molar-refractivity contribution in [2.24, 2.45) is 5.92 Å². The zero-order valence-electron chi connectivity index (χ0n) is 12.0. The molecule has 0 aliphatic rings. The second-order valence-corrected chi connectivity index (χ2v) is 5.66. The number of rotatable bonds is 4. The molecule has 2 aromatic carbocycles. The van der Waals surface area contributed by atoms with Crippen LogP contribution in [0.1, 0.15) is 20.3 Å². The zero-order valence-corrected chi connectivity index (χ0v) is 12.0. The molecule has 0 radical (unpaired) electrons. The molecule has 3 aromatic rings. The third-order valence-electron chi connectivity index (χ3n) is 3.81. The second kappa shape index (κ2) is 5.12. The van der Waals surface area contributed by atoms with E-state index in [-0.39, 0.29) is 5.78 Å². The molecule has 0 N–H and O–H groups in total. The molecule has 0 aliphatic heterocycles. The fourth-order valence-corrected chi connectivity index (χ4v) is 3.07. The Morgan fingerprint density at radius 3 is 2.00 bits per heavy atom. The van der Waals surface area contributed by atoms with Gasteiger partial charge in [0, 0.05) is 34.8 Å². The molecular weight excluding hydrogens is 246 g/mol. The molecule has 0 saturated carbocycles. The summed E-state index contributed by atoms with van der Waals surface area (Å²) in [6.45, 7) is 4.70. The Kier molecular flexibility index (Phi) is 3.31. The first-order valence-corrected chi connectivity index (χ1v) is 7.12. The predicted octanol–water partition coefficient (Wildman–Crippen LogP) is 4.41. The molecule has 1 heterocycles. The Balaban J connectivity index is 2.14. The molecule has 1 unspecified atom stereocenters. The summed E-state index contributed by atoms with van der Waals surface area (Å²) in [5.41, 5.74) is 2.51. The van der Waals surface area contributed by atoms with E-state index in [0.29, 0.717) is 12.3 Å². The highest BCUT2D eigenvalue weighted by Gasteiger charge is 2.13. The van der Waals surface area contributed by atoms with Gasteiger partial charge in [0.2, 0.25) is 0 Å². The van der Waals surface area contributed by atoms with Crippen molar-refractivity contribution in [2.45, 2.75) is 26.8 Å². The zero-order chi connectivity index (χ0) is 14.1. The van der Waals surface area contributed by atoms with Crippen molar-refractivity contribution >= 4 is 27.6 Å². The van der Waals surface area contributed by atoms with Crippen LogP contribution < -0.4 is 0 Å². The molecule has 3 rings (SSSR count). The van der Waals surface area contributed by atoms with E-state index >= 15 is 0 Å². The van der Waals surface area contributed by atoms with E-state index in [1.807, 2.05) is 0 Å². The van der Waals surface area contributed by atoms with Gasteiger partial charge in [0.25, 0.3) is 0 Å². The molecular formula is C18H19NO. The SMILES string of the molecule is CC(=O)CC(C)Cn1c2ccccc2c2ccccc21. The van der Waals surface area contributed by atoms with Crippen LogP contribution in [-0.4, -0.2) is 10.4 Å². The van der Waals surface area contributed by atoms with Gasteiger partial charge in [0.05, 0.1) is 0 Å². The third-order valence-corrected chi connectivity index (χ3v) is 3.81. The number of Topliss-reactive ketones (excluding diaryl/α,β-unsaturated/α-hetero) is 1. The Bertz CT molecular complexity index is 716. The van der Waals surface area contributed by atoms with Gasteiger partial charge in [-0.1, -0.05) is 43.3 Å². The molecule has 2 heteroatoms. The highest BCUT2D eigenvalue weighted by molar-refractivity contribution is 6.07. The van der Waals surface area contributed by atoms with Crippen LogP contribution in [0.25, 0.3) is 21.8 Å². The fourth-order valence-electron chi connectivity index (χ4n) is 3.07. The summed E-state index contributed by atoms with van der Waals surface area (Å²) >= 11 is 0. The minimum absolute atomic E-state index is 0.262. The van der Waals surface area contributed by atoms with Crippen molar-refractivity contribution in [3.63, 3.8) is 0 Å². The quantitative estimate of drug-likeness (QED) is 0.685. The third kappa shape index (κ3) is 2.22. The lowest BCUT2D eigenvalue weighted by Crippen LogP contribution is -2.10. The number of ketones is 1. The van der Waals surface area contributed by atoms with Crippen molar-refractivity contribution in [3.8, 4) is 0 Å². The Morgan fingerprint density at radius 1 is 1.00 bits per heavy atom. The van der Waals surface area contributed by atoms with Gasteiger partial charge in [-0.05, 0) is 25.0 Å². The molecule has 102 valence electrons. The number of benzene rings is 2. The summed E-state index contributed by atoms with van der Waals surface area (Å²) in [6, 6.07) is 17.0. The number of carbonyl (C=O) groups is 1. The maximum atomic E-state index is 11.3. The minimum atomic E-state index is 0.262. The van der Waals surface area contributed by atoms with Crippen molar-refractivity contribution in [3.05, 3.63) is 48.5 Å². The molecule has 0 aliphatic carbocycles. The molecule has 2 nitrogen and oxygen atoms in total. The molecule has 1 atom stereocenters. The van der Waals surface area contributed by atoms with Gasteiger partial charge in [0.1, 0.15) is 5.78 Å². The Labute approximate surface area is 119 Å². The maximum absolute atomic E-state index is 11.3. The van der Waals surface area contributed by atoms with Crippen LogP contribution in [0.15, 0.2) is 48.5 Å². The van der Waals surface area contributed by atoms with Gasteiger partial charge in [-0.3, -0.25) is 0 Å². The van der Waals surface area contributed by atoms with Gasteiger partial charge in [-0.15, -0.1) is 0 Å². The topological polar surface area (TPSA) is 22.0 Å². The predicted molar refractivity (Wildman–Crippen MR) is 83.9 cm³/mol. The van der Waals surface area contributed by atoms with Crippen molar-refractivity contribution in [2.75, 3.05) is 0 Å². The summed E-state index contributed by atoms with van der Waals surface area (Å²) < 4.78 is 2.35. The molecule has 0 saturated heterocycles. The lowest BCUT2D eigenvalue weighted by Gasteiger charge is -2.13. The molecule has 0 fully saturated rings. The second-order valence-electron chi connectivity index (χ2n) is 5.66. The van der Waals surface area contributed by atoms with Crippen LogP contribution in [0.3, 0.4) is 0 Å². The number of hydrogen-bond donors (Lipinski definition) is 0. The van der Waals surface area contributed by atoms with E-state index in [2.05, 4.69) is 60.0 Å². The summed E-state index contributed by atoms with van der Waals surface area (Å²) in [4.78, 5) is 11.3. The van der Waals surface area contributed by atoms with E-state index < -0.39 is 0 Å². The van der Waals surface area contributed by atoms with E-state index in [0.717, 1.165) is 6.54 Å². The van der Waals surface area contributed by atoms with E-state index in [9.17, 15) is 4.79 Å². The van der Waals surface area contributed by atoms with E-state index in [4.69, 9.17) is 0 Å². The first-order chi connectivity index (χ1) is 9.66. The number of fused-ring (bicyclic) bond motifs is 3. The lowest BCUT2D eigenvalue weighted by atomic mass is 10.1. The molecule has 0 amide bonds. The van der Waals surface area contributed by atoms with Gasteiger partial charge in [-0.25, -0.2) is 0 Å². The number of aromatic nitrogens is 1. The monoisotopic (exact) mass is 265 g/mol. The number of hydrogen-bond acceptors (Lipinski definition) is 1. The highest BCUT2D eigenvalue weighted by Crippen LogP contribution is 2.29. The maximum Gasteiger partial charge on any atom is 0.130 e. The average Bonchev–Trinajstić information content (AvgIpc) is 2.73. The van der Waals surface area contributed by atoms with Gasteiger partial charge in [0.15, 0.2) is 0 Å². The largest absolute Gasteiger partial charge is 0.340 e. The number of nitrogens with zero attached hydrogens (tertiary/aromatic N) is 1. The van der Waals surface area contributed by atoms with Crippen LogP contribution >= 0.6 is 0 Å². The Morgan fingerprint density at radius 2 is 1.50 bits per heavy atom. The number of carbonyl (C=O) groups excluding carboxylic acids is 1. The van der Waals surface area contributed by atoms with Crippen molar-refractivity contribution < 1.29 is 4.79 Å². The fraction of sp³-hybridized carbons (Fsp3) is 0.278. The standard InChI is InChI=1S/C18H19NO/c1-13(11-14(2)20)12-19-17-9-5-3-7-15(17)16-8-4-6-10-18(16)19/h3-10,13H,11-12H2,1-2H3. The first-order valence-electron chi connectivity index (χ1n) is 7.12. The summed E-state index contributed by atoms with van der Waals surface area (Å²) in [5, 5.41) is 2.58. The number of para-hydroxylation sites is 2. The minimum Gasteiger partial charge on any atom is -0.340 e. The lowest BCUT2D eigenvalue weighted by molar-refractivity contribution is -0.117. The van der Waals surface area contributed by atoms with Crippen LogP contribution in [0.4, 0.5) is 0 Å². The molecule has 0 bridgehead atoms. The normalized spacial score (nSPS) is 12.9. The summed E-state index contributed by atoms with van der Waals surface area (Å²) in [5.74, 6) is 0.616. The van der Waals surface area contributed by atoms with Gasteiger partial charge >= 0.3 is 0 Å². The van der Waals surface area contributed by atoms with Gasteiger partial charge in [-0.2, -0.15) is 0 Å². The first kappa shape index (κ1) is 12.9. The Hall–Kier alpha value is -2.09. The van der Waals surface area contributed by atoms with E-state index in [1.165, 1.54) is 21.8 Å². The van der Waals surface area contributed by atoms with Crippen LogP contribution in [0.2, 0.25) is 0 Å². The average molecular weight is 265 g/mol. The molecule has 1 aromatic heterocycles. The highest BCUT2D eigenvalue weighted by atomic mass is 16.1.